The van der Waals surface area contributed by atoms with Gasteiger partial charge in [0.25, 0.3) is 0 Å². The molecule has 3 aromatic carbocycles. The zero-order valence-corrected chi connectivity index (χ0v) is 18.4. The highest BCUT2D eigenvalue weighted by molar-refractivity contribution is 5.99. The molecule has 0 saturated carbocycles. The van der Waals surface area contributed by atoms with E-state index in [1.807, 2.05) is 30.3 Å². The number of fused-ring (bicyclic) bond motifs is 1. The van der Waals surface area contributed by atoms with Crippen LogP contribution in [0.2, 0.25) is 0 Å². The highest BCUT2D eigenvalue weighted by Gasteiger charge is 2.17. The molecule has 6 nitrogen and oxygen atoms in total. The lowest BCUT2D eigenvalue weighted by Crippen LogP contribution is -2.22. The molecule has 1 aromatic heterocycles. The molecule has 0 atom stereocenters. The van der Waals surface area contributed by atoms with E-state index in [0.717, 1.165) is 29.3 Å². The summed E-state index contributed by atoms with van der Waals surface area (Å²) in [6.45, 7) is 1.87. The molecular weight excluding hydrogens is 445 g/mol. The van der Waals surface area contributed by atoms with E-state index in [0.29, 0.717) is 35.6 Å². The molecule has 4 aromatic rings. The third-order valence-electron chi connectivity index (χ3n) is 5.39. The Morgan fingerprint density at radius 1 is 1.00 bits per heavy atom. The summed E-state index contributed by atoms with van der Waals surface area (Å²) in [5, 5.41) is 21.1. The van der Waals surface area contributed by atoms with E-state index in [1.165, 1.54) is 4.68 Å². The molecule has 0 saturated heterocycles. The largest absolute Gasteiger partial charge is 0.392 e. The maximum atomic E-state index is 14.0. The van der Waals surface area contributed by atoms with E-state index in [-0.39, 0.29) is 6.61 Å². The summed E-state index contributed by atoms with van der Waals surface area (Å²) < 4.78 is 42.2. The number of aliphatic hydroxyl groups excluding tert-OH is 1. The van der Waals surface area contributed by atoms with Crippen molar-refractivity contribution in [3.05, 3.63) is 83.3 Å². The Bertz CT molecular complexity index is 1350. The number of aryl methyl sites for hydroxylation is 1. The van der Waals surface area contributed by atoms with Crippen molar-refractivity contribution in [3.63, 3.8) is 0 Å². The SMILES string of the molecule is CCCCc1cc(NC(=O)Nc2cc(F)c(F)cc2F)n(-c2cc(CO)c3ccccc3c2)n1. The van der Waals surface area contributed by atoms with Crippen molar-refractivity contribution in [2.75, 3.05) is 10.6 Å². The minimum atomic E-state index is -1.35. The maximum Gasteiger partial charge on any atom is 0.324 e. The number of carbonyl (C=O) groups excluding carboxylic acids is 1. The average molecular weight is 468 g/mol. The van der Waals surface area contributed by atoms with Gasteiger partial charge in [-0.25, -0.2) is 22.6 Å². The Labute approximate surface area is 194 Å². The van der Waals surface area contributed by atoms with Gasteiger partial charge in [-0.1, -0.05) is 37.6 Å². The number of urea groups is 1. The third kappa shape index (κ3) is 4.89. The second-order valence-corrected chi connectivity index (χ2v) is 7.85. The van der Waals surface area contributed by atoms with Crippen LogP contribution in [0, 0.1) is 17.5 Å². The summed E-state index contributed by atoms with van der Waals surface area (Å²) in [6, 6.07) is 13.0. The Morgan fingerprint density at radius 2 is 1.76 bits per heavy atom. The number of aromatic nitrogens is 2. The van der Waals surface area contributed by atoms with Crippen molar-refractivity contribution >= 4 is 28.3 Å². The minimum Gasteiger partial charge on any atom is -0.392 e. The summed E-state index contributed by atoms with van der Waals surface area (Å²) in [7, 11) is 0. The van der Waals surface area contributed by atoms with Crippen LogP contribution in [0.4, 0.5) is 29.5 Å². The van der Waals surface area contributed by atoms with Gasteiger partial charge in [0.1, 0.15) is 11.6 Å². The highest BCUT2D eigenvalue weighted by atomic mass is 19.2. The van der Waals surface area contributed by atoms with Crippen molar-refractivity contribution in [1.82, 2.24) is 9.78 Å². The lowest BCUT2D eigenvalue weighted by Gasteiger charge is -2.13. The van der Waals surface area contributed by atoms with Gasteiger partial charge in [0.05, 0.1) is 23.7 Å². The molecule has 1 heterocycles. The molecule has 0 radical (unpaired) electrons. The normalized spacial score (nSPS) is 11.1. The predicted molar refractivity (Wildman–Crippen MR) is 125 cm³/mol. The van der Waals surface area contributed by atoms with Gasteiger partial charge < -0.3 is 10.4 Å². The molecule has 2 amide bonds. The number of halogens is 3. The fourth-order valence-corrected chi connectivity index (χ4v) is 3.71. The molecule has 0 aliphatic rings. The molecule has 0 unspecified atom stereocenters. The molecule has 34 heavy (non-hydrogen) atoms. The highest BCUT2D eigenvalue weighted by Crippen LogP contribution is 2.27. The van der Waals surface area contributed by atoms with Gasteiger partial charge in [-0.15, -0.1) is 0 Å². The molecule has 0 aliphatic heterocycles. The molecule has 9 heteroatoms. The van der Waals surface area contributed by atoms with Crippen LogP contribution < -0.4 is 10.6 Å². The van der Waals surface area contributed by atoms with Gasteiger partial charge in [-0.05, 0) is 41.3 Å². The van der Waals surface area contributed by atoms with Gasteiger partial charge in [0.15, 0.2) is 11.6 Å². The van der Waals surface area contributed by atoms with Crippen molar-refractivity contribution in [2.24, 2.45) is 0 Å². The van der Waals surface area contributed by atoms with Crippen LogP contribution in [0.25, 0.3) is 16.5 Å². The van der Waals surface area contributed by atoms with Gasteiger partial charge >= 0.3 is 6.03 Å². The van der Waals surface area contributed by atoms with Gasteiger partial charge in [0, 0.05) is 18.2 Å². The first kappa shape index (κ1) is 23.3. The number of unbranched alkanes of at least 4 members (excludes halogenated alkanes) is 1. The summed E-state index contributed by atoms with van der Waals surface area (Å²) in [5.74, 6) is -3.44. The number of hydrogen-bond donors (Lipinski definition) is 3. The number of nitrogens with zero attached hydrogens (tertiary/aromatic N) is 2. The number of benzene rings is 3. The first-order valence-corrected chi connectivity index (χ1v) is 10.8. The van der Waals surface area contributed by atoms with Gasteiger partial charge in [0.2, 0.25) is 0 Å². The standard InChI is InChI=1S/C25H23F3N4O2/c1-2-3-7-17-11-24(30-25(34)29-23-13-21(27)20(26)12-22(23)28)32(31-17)18-9-15-6-4-5-8-19(15)16(10-18)14-33/h4-6,8-13,33H,2-3,7,14H2,1H3,(H2,29,30,34). The summed E-state index contributed by atoms with van der Waals surface area (Å²) >= 11 is 0. The smallest absolute Gasteiger partial charge is 0.324 e. The molecule has 0 fully saturated rings. The van der Waals surface area contributed by atoms with Gasteiger partial charge in [-0.3, -0.25) is 5.32 Å². The van der Waals surface area contributed by atoms with Gasteiger partial charge in [-0.2, -0.15) is 5.10 Å². The molecule has 0 spiro atoms. The van der Waals surface area contributed by atoms with Crippen LogP contribution in [0.3, 0.4) is 0 Å². The first-order valence-electron chi connectivity index (χ1n) is 10.8. The van der Waals surface area contributed by atoms with Crippen LogP contribution in [0.5, 0.6) is 0 Å². The first-order chi connectivity index (χ1) is 16.4. The van der Waals surface area contributed by atoms with Crippen LogP contribution in [-0.4, -0.2) is 20.9 Å². The predicted octanol–water partition coefficient (Wildman–Crippen LogP) is 5.92. The van der Waals surface area contributed by atoms with E-state index in [9.17, 15) is 23.1 Å². The lowest BCUT2D eigenvalue weighted by molar-refractivity contribution is 0.262. The van der Waals surface area contributed by atoms with Crippen molar-refractivity contribution < 1.29 is 23.1 Å². The monoisotopic (exact) mass is 468 g/mol. The van der Waals surface area contributed by atoms with Crippen LogP contribution in [0.1, 0.15) is 31.0 Å². The van der Waals surface area contributed by atoms with Crippen LogP contribution >= 0.6 is 0 Å². The molecule has 176 valence electrons. The molecular formula is C25H23F3N4O2. The molecule has 3 N–H and O–H groups in total. The minimum absolute atomic E-state index is 0.184. The van der Waals surface area contributed by atoms with Crippen LogP contribution in [-0.2, 0) is 13.0 Å². The van der Waals surface area contributed by atoms with E-state index < -0.39 is 29.2 Å². The topological polar surface area (TPSA) is 79.2 Å². The summed E-state index contributed by atoms with van der Waals surface area (Å²) in [6.07, 6.45) is 2.52. The van der Waals surface area contributed by atoms with E-state index in [2.05, 4.69) is 22.7 Å². The van der Waals surface area contributed by atoms with E-state index >= 15 is 0 Å². The Hall–Kier alpha value is -3.85. The summed E-state index contributed by atoms with van der Waals surface area (Å²) in [4.78, 5) is 12.6. The fraction of sp³-hybridized carbons (Fsp3) is 0.200. The van der Waals surface area contributed by atoms with Crippen LogP contribution in [0.15, 0.2) is 54.6 Å². The maximum absolute atomic E-state index is 14.0. The number of hydrogen-bond acceptors (Lipinski definition) is 3. The molecule has 0 bridgehead atoms. The Balaban J connectivity index is 1.69. The molecule has 0 aliphatic carbocycles. The van der Waals surface area contributed by atoms with Crippen molar-refractivity contribution in [1.29, 1.82) is 0 Å². The Kier molecular flexibility index (Phi) is 6.83. The number of aliphatic hydroxyl groups is 1. The lowest BCUT2D eigenvalue weighted by atomic mass is 10.0. The Morgan fingerprint density at radius 3 is 2.53 bits per heavy atom. The number of amides is 2. The number of nitrogens with one attached hydrogen (secondary N) is 2. The zero-order valence-electron chi connectivity index (χ0n) is 18.4. The molecule has 4 rings (SSSR count). The second kappa shape index (κ2) is 9.96. The quantitative estimate of drug-likeness (QED) is 0.295. The van der Waals surface area contributed by atoms with E-state index in [1.54, 1.807) is 12.1 Å². The van der Waals surface area contributed by atoms with Crippen molar-refractivity contribution in [3.8, 4) is 5.69 Å². The zero-order chi connectivity index (χ0) is 24.2. The number of rotatable bonds is 7. The second-order valence-electron chi connectivity index (χ2n) is 7.85. The summed E-state index contributed by atoms with van der Waals surface area (Å²) in [5.41, 5.74) is 1.54. The fourth-order valence-electron chi connectivity index (χ4n) is 3.71. The average Bonchev–Trinajstić information content (AvgIpc) is 3.22. The van der Waals surface area contributed by atoms with E-state index in [4.69, 9.17) is 0 Å². The third-order valence-corrected chi connectivity index (χ3v) is 5.39. The number of anilines is 2. The van der Waals surface area contributed by atoms with Crippen molar-refractivity contribution in [2.45, 2.75) is 32.8 Å². The number of carbonyl (C=O) groups is 1.